The van der Waals surface area contributed by atoms with Crippen molar-refractivity contribution in [2.45, 2.75) is 58.7 Å². The van der Waals surface area contributed by atoms with Crippen LogP contribution >= 0.6 is 0 Å². The van der Waals surface area contributed by atoms with Crippen LogP contribution < -0.4 is 10.1 Å². The monoisotopic (exact) mass is 293 g/mol. The SMILES string of the molecule is COc1ccccc1C[C@@H](C)N[C@@H](C)C(=O)OC(C)(C)C. The lowest BCUT2D eigenvalue weighted by Crippen LogP contribution is -2.44. The molecule has 1 rings (SSSR count). The van der Waals surface area contributed by atoms with Crippen LogP contribution in [0.2, 0.25) is 0 Å². The second kappa shape index (κ2) is 7.46. The highest BCUT2D eigenvalue weighted by Crippen LogP contribution is 2.19. The van der Waals surface area contributed by atoms with Crippen molar-refractivity contribution in [2.75, 3.05) is 7.11 Å². The zero-order chi connectivity index (χ0) is 16.0. The Kier molecular flexibility index (Phi) is 6.21. The maximum atomic E-state index is 12.0. The molecule has 118 valence electrons. The van der Waals surface area contributed by atoms with Gasteiger partial charge >= 0.3 is 5.97 Å². The molecule has 0 radical (unpaired) electrons. The molecule has 0 heterocycles. The van der Waals surface area contributed by atoms with Crippen LogP contribution in [0.1, 0.15) is 40.2 Å². The zero-order valence-electron chi connectivity index (χ0n) is 13.9. The van der Waals surface area contributed by atoms with Crippen LogP contribution in [0.3, 0.4) is 0 Å². The van der Waals surface area contributed by atoms with Gasteiger partial charge in [-0.15, -0.1) is 0 Å². The van der Waals surface area contributed by atoms with Gasteiger partial charge in [-0.05, 0) is 52.7 Å². The number of benzene rings is 1. The first-order chi connectivity index (χ1) is 9.73. The minimum atomic E-state index is -0.459. The molecule has 2 atom stereocenters. The summed E-state index contributed by atoms with van der Waals surface area (Å²) in [5.74, 6) is 0.644. The number of hydrogen-bond acceptors (Lipinski definition) is 4. The summed E-state index contributed by atoms with van der Waals surface area (Å²) in [6.07, 6.45) is 0.789. The molecule has 0 aliphatic heterocycles. The maximum absolute atomic E-state index is 12.0. The van der Waals surface area contributed by atoms with Crippen LogP contribution in [0.5, 0.6) is 5.75 Å². The van der Waals surface area contributed by atoms with Gasteiger partial charge in [0.2, 0.25) is 0 Å². The van der Waals surface area contributed by atoms with Gasteiger partial charge in [-0.1, -0.05) is 18.2 Å². The van der Waals surface area contributed by atoms with Gasteiger partial charge in [0.15, 0.2) is 0 Å². The molecule has 0 amide bonds. The molecular formula is C17H27NO3. The van der Waals surface area contributed by atoms with Crippen molar-refractivity contribution in [3.8, 4) is 5.75 Å². The van der Waals surface area contributed by atoms with Crippen molar-refractivity contribution < 1.29 is 14.3 Å². The Morgan fingerprint density at radius 1 is 1.24 bits per heavy atom. The zero-order valence-corrected chi connectivity index (χ0v) is 13.9. The first-order valence-corrected chi connectivity index (χ1v) is 7.33. The average Bonchev–Trinajstić information content (AvgIpc) is 2.37. The molecule has 0 aliphatic rings. The van der Waals surface area contributed by atoms with Crippen molar-refractivity contribution in [3.63, 3.8) is 0 Å². The van der Waals surface area contributed by atoms with E-state index >= 15 is 0 Å². The van der Waals surface area contributed by atoms with Crippen LogP contribution in [0.15, 0.2) is 24.3 Å². The molecule has 0 saturated carbocycles. The molecule has 0 fully saturated rings. The van der Waals surface area contributed by atoms with Crippen LogP contribution in [0.4, 0.5) is 0 Å². The van der Waals surface area contributed by atoms with E-state index in [1.165, 1.54) is 0 Å². The topological polar surface area (TPSA) is 47.6 Å². The van der Waals surface area contributed by atoms with E-state index in [2.05, 4.69) is 5.32 Å². The number of nitrogens with one attached hydrogen (secondary N) is 1. The fraction of sp³-hybridized carbons (Fsp3) is 0.588. The molecule has 0 saturated heterocycles. The molecule has 0 unspecified atom stereocenters. The van der Waals surface area contributed by atoms with Gasteiger partial charge in [0.1, 0.15) is 17.4 Å². The summed E-state index contributed by atoms with van der Waals surface area (Å²) in [4.78, 5) is 12.0. The standard InChI is InChI=1S/C17H27NO3/c1-12(11-14-9-7-8-10-15(14)20-6)18-13(2)16(19)21-17(3,4)5/h7-10,12-13,18H,11H2,1-6H3/t12-,13+/m1/s1. The van der Waals surface area contributed by atoms with Crippen molar-refractivity contribution in [3.05, 3.63) is 29.8 Å². The van der Waals surface area contributed by atoms with Crippen LogP contribution in [0, 0.1) is 0 Å². The van der Waals surface area contributed by atoms with Crippen LogP contribution in [0.25, 0.3) is 0 Å². The van der Waals surface area contributed by atoms with Crippen molar-refractivity contribution in [2.24, 2.45) is 0 Å². The highest BCUT2D eigenvalue weighted by atomic mass is 16.6. The molecule has 4 nitrogen and oxygen atoms in total. The number of carbonyl (C=O) groups is 1. The second-order valence-corrected chi connectivity index (χ2v) is 6.34. The Hall–Kier alpha value is -1.55. The van der Waals surface area contributed by atoms with E-state index in [0.717, 1.165) is 17.7 Å². The maximum Gasteiger partial charge on any atom is 0.323 e. The summed E-state index contributed by atoms with van der Waals surface area (Å²) in [6, 6.07) is 7.72. The quantitative estimate of drug-likeness (QED) is 0.819. The van der Waals surface area contributed by atoms with Crippen LogP contribution in [-0.4, -0.2) is 30.8 Å². The number of rotatable bonds is 6. The Morgan fingerprint density at radius 2 is 1.86 bits per heavy atom. The lowest BCUT2D eigenvalue weighted by Gasteiger charge is -2.25. The van der Waals surface area contributed by atoms with Crippen molar-refractivity contribution in [1.82, 2.24) is 5.32 Å². The number of carbonyl (C=O) groups excluding carboxylic acids is 1. The number of para-hydroxylation sites is 1. The lowest BCUT2D eigenvalue weighted by molar-refractivity contribution is -0.157. The number of hydrogen-bond donors (Lipinski definition) is 1. The fourth-order valence-corrected chi connectivity index (χ4v) is 2.15. The van der Waals surface area contributed by atoms with Gasteiger partial charge in [0, 0.05) is 6.04 Å². The van der Waals surface area contributed by atoms with Gasteiger partial charge in [0.25, 0.3) is 0 Å². The molecule has 21 heavy (non-hydrogen) atoms. The Labute approximate surface area is 127 Å². The summed E-state index contributed by atoms with van der Waals surface area (Å²) in [6.45, 7) is 9.49. The molecule has 1 N–H and O–H groups in total. The first kappa shape index (κ1) is 17.5. The van der Waals surface area contributed by atoms with Gasteiger partial charge in [-0.3, -0.25) is 4.79 Å². The van der Waals surface area contributed by atoms with Gasteiger partial charge in [0.05, 0.1) is 7.11 Å². The second-order valence-electron chi connectivity index (χ2n) is 6.34. The van der Waals surface area contributed by atoms with E-state index < -0.39 is 5.60 Å². The normalized spacial score (nSPS) is 14.4. The minimum Gasteiger partial charge on any atom is -0.496 e. The van der Waals surface area contributed by atoms with E-state index in [1.54, 1.807) is 7.11 Å². The molecule has 1 aromatic rings. The third kappa shape index (κ3) is 6.17. The van der Waals surface area contributed by atoms with Crippen molar-refractivity contribution in [1.29, 1.82) is 0 Å². The molecule has 1 aromatic carbocycles. The molecule has 4 heteroatoms. The van der Waals surface area contributed by atoms with Crippen LogP contribution in [-0.2, 0) is 16.0 Å². The number of ether oxygens (including phenoxy) is 2. The minimum absolute atomic E-state index is 0.142. The summed E-state index contributed by atoms with van der Waals surface area (Å²) in [7, 11) is 1.67. The van der Waals surface area contributed by atoms with E-state index in [0.29, 0.717) is 0 Å². The van der Waals surface area contributed by atoms with Gasteiger partial charge in [-0.2, -0.15) is 0 Å². The Balaban J connectivity index is 2.57. The predicted molar refractivity (Wildman–Crippen MR) is 84.6 cm³/mol. The highest BCUT2D eigenvalue weighted by Gasteiger charge is 2.22. The van der Waals surface area contributed by atoms with E-state index in [9.17, 15) is 4.79 Å². The first-order valence-electron chi connectivity index (χ1n) is 7.33. The summed E-state index contributed by atoms with van der Waals surface area (Å²) >= 11 is 0. The number of esters is 1. The Morgan fingerprint density at radius 3 is 2.43 bits per heavy atom. The summed E-state index contributed by atoms with van der Waals surface area (Å²) < 4.78 is 10.7. The molecule has 0 spiro atoms. The number of methoxy groups -OCH3 is 1. The summed E-state index contributed by atoms with van der Waals surface area (Å²) in [5, 5.41) is 3.27. The third-order valence-electron chi connectivity index (χ3n) is 3.01. The van der Waals surface area contributed by atoms with Crippen molar-refractivity contribution >= 4 is 5.97 Å². The Bertz CT molecular complexity index is 465. The molecule has 0 aliphatic carbocycles. The molecule has 0 aromatic heterocycles. The molecular weight excluding hydrogens is 266 g/mol. The lowest BCUT2D eigenvalue weighted by atomic mass is 10.1. The molecule has 0 bridgehead atoms. The van der Waals surface area contributed by atoms with E-state index in [-0.39, 0.29) is 18.1 Å². The van der Waals surface area contributed by atoms with Gasteiger partial charge < -0.3 is 14.8 Å². The van der Waals surface area contributed by atoms with Gasteiger partial charge in [-0.25, -0.2) is 0 Å². The average molecular weight is 293 g/mol. The fourth-order valence-electron chi connectivity index (χ4n) is 2.15. The largest absolute Gasteiger partial charge is 0.496 e. The van der Waals surface area contributed by atoms with E-state index in [4.69, 9.17) is 9.47 Å². The summed E-state index contributed by atoms with van der Waals surface area (Å²) in [5.41, 5.74) is 0.662. The third-order valence-corrected chi connectivity index (χ3v) is 3.01. The highest BCUT2D eigenvalue weighted by molar-refractivity contribution is 5.75. The smallest absolute Gasteiger partial charge is 0.323 e. The predicted octanol–water partition coefficient (Wildman–Crippen LogP) is 2.95. The van der Waals surface area contributed by atoms with E-state index in [1.807, 2.05) is 58.9 Å².